The lowest BCUT2D eigenvalue weighted by atomic mass is 9.75. The number of fused-ring (bicyclic) bond motifs is 3. The molecule has 0 unspecified atom stereocenters. The van der Waals surface area contributed by atoms with Crippen LogP contribution in [0.4, 0.5) is 4.39 Å². The third-order valence-corrected chi connectivity index (χ3v) is 5.22. The standard InChI is InChI=1S/C19H24FN5O2/c1-10-14(19(4)8-24(9-19)7-18(2,3)27)17-22-13-6-11(20)5-12(16(21)26)15(13)25(17)23-10/h5-6,22,27H,7-9H2,1-4H3,(H2,21,26). The molecule has 4 rings (SSSR count). The zero-order valence-corrected chi connectivity index (χ0v) is 15.9. The van der Waals surface area contributed by atoms with E-state index in [2.05, 4.69) is 21.9 Å². The Morgan fingerprint density at radius 1 is 1.44 bits per heavy atom. The van der Waals surface area contributed by atoms with E-state index in [9.17, 15) is 14.3 Å². The van der Waals surface area contributed by atoms with Crippen LogP contribution < -0.4 is 5.73 Å². The van der Waals surface area contributed by atoms with E-state index >= 15 is 0 Å². The number of H-pyrrole nitrogens is 1. The first-order chi connectivity index (χ1) is 12.5. The van der Waals surface area contributed by atoms with Gasteiger partial charge < -0.3 is 15.8 Å². The molecule has 1 saturated heterocycles. The van der Waals surface area contributed by atoms with Crippen molar-refractivity contribution in [2.75, 3.05) is 19.6 Å². The van der Waals surface area contributed by atoms with E-state index in [1.54, 1.807) is 18.4 Å². The topological polar surface area (TPSA) is 99.7 Å². The van der Waals surface area contributed by atoms with E-state index in [0.717, 1.165) is 36.1 Å². The molecule has 0 aliphatic carbocycles. The number of carbonyl (C=O) groups excluding carboxylic acids is 1. The van der Waals surface area contributed by atoms with Gasteiger partial charge in [-0.2, -0.15) is 5.10 Å². The summed E-state index contributed by atoms with van der Waals surface area (Å²) >= 11 is 0. The van der Waals surface area contributed by atoms with Gasteiger partial charge in [0.15, 0.2) is 0 Å². The van der Waals surface area contributed by atoms with Crippen LogP contribution in [-0.2, 0) is 5.41 Å². The minimum atomic E-state index is -0.750. The van der Waals surface area contributed by atoms with Crippen LogP contribution in [0.2, 0.25) is 0 Å². The lowest BCUT2D eigenvalue weighted by molar-refractivity contribution is -0.0157. The zero-order chi connectivity index (χ0) is 19.7. The molecule has 1 aliphatic rings. The maximum Gasteiger partial charge on any atom is 0.251 e. The van der Waals surface area contributed by atoms with Crippen molar-refractivity contribution in [1.29, 1.82) is 0 Å². The smallest absolute Gasteiger partial charge is 0.251 e. The van der Waals surface area contributed by atoms with Gasteiger partial charge in [0, 0.05) is 30.6 Å². The van der Waals surface area contributed by atoms with Crippen molar-refractivity contribution in [3.8, 4) is 0 Å². The molecular formula is C19H24FN5O2. The quantitative estimate of drug-likeness (QED) is 0.648. The van der Waals surface area contributed by atoms with Gasteiger partial charge in [0.25, 0.3) is 5.91 Å². The first-order valence-electron chi connectivity index (χ1n) is 8.94. The molecular weight excluding hydrogens is 349 g/mol. The molecule has 3 aromatic rings. The number of amides is 1. The van der Waals surface area contributed by atoms with E-state index in [-0.39, 0.29) is 11.0 Å². The minimum Gasteiger partial charge on any atom is -0.389 e. The van der Waals surface area contributed by atoms with Gasteiger partial charge in [-0.25, -0.2) is 8.91 Å². The van der Waals surface area contributed by atoms with Crippen molar-refractivity contribution >= 4 is 22.6 Å². The Labute approximate surface area is 155 Å². The summed E-state index contributed by atoms with van der Waals surface area (Å²) in [6.45, 7) is 9.83. The van der Waals surface area contributed by atoms with Crippen LogP contribution in [0, 0.1) is 12.7 Å². The summed E-state index contributed by atoms with van der Waals surface area (Å²) in [4.78, 5) is 17.2. The molecule has 144 valence electrons. The molecule has 0 saturated carbocycles. The van der Waals surface area contributed by atoms with Gasteiger partial charge in [0.1, 0.15) is 17.0 Å². The molecule has 7 nitrogen and oxygen atoms in total. The number of hydrogen-bond donors (Lipinski definition) is 3. The van der Waals surface area contributed by atoms with Crippen LogP contribution in [-0.4, -0.2) is 55.7 Å². The van der Waals surface area contributed by atoms with Crippen molar-refractivity contribution in [2.45, 2.75) is 38.7 Å². The molecule has 2 aromatic heterocycles. The van der Waals surface area contributed by atoms with Gasteiger partial charge in [-0.3, -0.25) is 9.69 Å². The number of primary amides is 1. The van der Waals surface area contributed by atoms with E-state index in [0.29, 0.717) is 17.6 Å². The number of benzene rings is 1. The van der Waals surface area contributed by atoms with Crippen LogP contribution in [0.15, 0.2) is 12.1 Å². The number of likely N-dealkylation sites (tertiary alicyclic amines) is 1. The average Bonchev–Trinajstić information content (AvgIpc) is 2.96. The normalized spacial score (nSPS) is 17.6. The maximum atomic E-state index is 13.9. The fourth-order valence-electron chi connectivity index (χ4n) is 4.52. The van der Waals surface area contributed by atoms with Gasteiger partial charge in [-0.15, -0.1) is 0 Å². The number of aromatic amines is 1. The van der Waals surface area contributed by atoms with E-state index in [1.165, 1.54) is 6.07 Å². The summed E-state index contributed by atoms with van der Waals surface area (Å²) in [7, 11) is 0. The monoisotopic (exact) mass is 373 g/mol. The van der Waals surface area contributed by atoms with Crippen molar-refractivity contribution in [1.82, 2.24) is 19.5 Å². The Balaban J connectivity index is 1.83. The fourth-order valence-corrected chi connectivity index (χ4v) is 4.52. The van der Waals surface area contributed by atoms with Gasteiger partial charge >= 0.3 is 0 Å². The highest BCUT2D eigenvalue weighted by Crippen LogP contribution is 2.39. The number of hydrogen-bond acceptors (Lipinski definition) is 4. The highest BCUT2D eigenvalue weighted by atomic mass is 19.1. The largest absolute Gasteiger partial charge is 0.389 e. The number of carbonyl (C=O) groups is 1. The second-order valence-electron chi connectivity index (χ2n) is 8.58. The second-order valence-corrected chi connectivity index (χ2v) is 8.58. The number of aromatic nitrogens is 3. The minimum absolute atomic E-state index is 0.104. The van der Waals surface area contributed by atoms with E-state index in [1.807, 2.05) is 6.92 Å². The predicted octanol–water partition coefficient (Wildman–Crippen LogP) is 1.71. The first-order valence-corrected chi connectivity index (χ1v) is 8.94. The van der Waals surface area contributed by atoms with Crippen LogP contribution in [0.5, 0.6) is 0 Å². The lowest BCUT2D eigenvalue weighted by Gasteiger charge is -2.49. The first kappa shape index (κ1) is 17.9. The van der Waals surface area contributed by atoms with Crippen LogP contribution in [0.3, 0.4) is 0 Å². The molecule has 27 heavy (non-hydrogen) atoms. The highest BCUT2D eigenvalue weighted by Gasteiger charge is 2.45. The van der Waals surface area contributed by atoms with Crippen LogP contribution in [0.1, 0.15) is 42.4 Å². The molecule has 0 radical (unpaired) electrons. The SMILES string of the molecule is Cc1nn2c([nH]c3cc(F)cc(C(N)=O)c32)c1C1(C)CN(CC(C)(C)O)C1. The molecule has 1 aromatic carbocycles. The second kappa shape index (κ2) is 5.53. The summed E-state index contributed by atoms with van der Waals surface area (Å²) in [5.41, 5.74) is 8.29. The summed E-state index contributed by atoms with van der Waals surface area (Å²) in [5, 5.41) is 14.6. The van der Waals surface area contributed by atoms with Gasteiger partial charge in [0.05, 0.1) is 22.4 Å². The molecule has 8 heteroatoms. The number of nitrogens with zero attached hydrogens (tertiary/aromatic N) is 3. The summed E-state index contributed by atoms with van der Waals surface area (Å²) < 4.78 is 15.6. The summed E-state index contributed by atoms with van der Waals surface area (Å²) in [6, 6.07) is 2.49. The Hall–Kier alpha value is -2.45. The number of aliphatic hydroxyl groups is 1. The van der Waals surface area contributed by atoms with Gasteiger partial charge in [0.2, 0.25) is 0 Å². The number of halogens is 1. The Morgan fingerprint density at radius 2 is 2.11 bits per heavy atom. The summed E-state index contributed by atoms with van der Waals surface area (Å²) in [6.07, 6.45) is 0. The molecule has 1 fully saturated rings. The fraction of sp³-hybridized carbons (Fsp3) is 0.474. The lowest BCUT2D eigenvalue weighted by Crippen LogP contribution is -2.60. The van der Waals surface area contributed by atoms with E-state index in [4.69, 9.17) is 5.73 Å². The Morgan fingerprint density at radius 3 is 2.70 bits per heavy atom. The van der Waals surface area contributed by atoms with Crippen LogP contribution in [0.25, 0.3) is 16.7 Å². The van der Waals surface area contributed by atoms with Crippen molar-refractivity contribution < 1.29 is 14.3 Å². The third-order valence-electron chi connectivity index (χ3n) is 5.22. The van der Waals surface area contributed by atoms with Gasteiger partial charge in [-0.05, 0) is 32.9 Å². The molecule has 4 N–H and O–H groups in total. The number of rotatable bonds is 4. The molecule has 3 heterocycles. The highest BCUT2D eigenvalue weighted by molar-refractivity contribution is 6.05. The van der Waals surface area contributed by atoms with Crippen molar-refractivity contribution in [3.05, 3.63) is 34.8 Å². The van der Waals surface area contributed by atoms with Crippen molar-refractivity contribution in [3.63, 3.8) is 0 Å². The Bertz CT molecular complexity index is 1070. The average molecular weight is 373 g/mol. The third kappa shape index (κ3) is 2.80. The van der Waals surface area contributed by atoms with Crippen LogP contribution >= 0.6 is 0 Å². The molecule has 0 bridgehead atoms. The number of nitrogens with two attached hydrogens (primary N) is 1. The molecule has 1 aliphatic heterocycles. The number of nitrogens with one attached hydrogen (secondary N) is 1. The number of β-amino-alcohol motifs (C(OH)–C–C–N with tert-alkyl or cyclic N) is 1. The zero-order valence-electron chi connectivity index (χ0n) is 15.9. The predicted molar refractivity (Wildman–Crippen MR) is 100 cm³/mol. The summed E-state index contributed by atoms with van der Waals surface area (Å²) in [5.74, 6) is -1.22. The van der Waals surface area contributed by atoms with Crippen molar-refractivity contribution in [2.24, 2.45) is 5.73 Å². The van der Waals surface area contributed by atoms with E-state index < -0.39 is 17.3 Å². The molecule has 0 atom stereocenters. The Kier molecular flexibility index (Phi) is 3.67. The number of aryl methyl sites for hydroxylation is 1. The number of imidazole rings is 1. The van der Waals surface area contributed by atoms with Gasteiger partial charge in [-0.1, -0.05) is 6.92 Å². The maximum absolute atomic E-state index is 13.9. The molecule has 1 amide bonds. The molecule has 0 spiro atoms.